The lowest BCUT2D eigenvalue weighted by molar-refractivity contribution is 0.0597. The van der Waals surface area contributed by atoms with E-state index in [1.165, 1.54) is 0 Å². The number of hydrogen-bond acceptors (Lipinski definition) is 5. The SMILES string of the molecule is Cc1noc(C)c1CN1CCN(C(=O)c2ccc(Cl)o2)CC1. The second-order valence-electron chi connectivity index (χ2n) is 5.47. The van der Waals surface area contributed by atoms with Crippen molar-refractivity contribution in [2.24, 2.45) is 0 Å². The summed E-state index contributed by atoms with van der Waals surface area (Å²) in [6.07, 6.45) is 0. The zero-order chi connectivity index (χ0) is 15.7. The number of halogens is 1. The van der Waals surface area contributed by atoms with Gasteiger partial charge in [0.2, 0.25) is 0 Å². The summed E-state index contributed by atoms with van der Waals surface area (Å²) in [5, 5.41) is 4.21. The van der Waals surface area contributed by atoms with Crippen LogP contribution >= 0.6 is 11.6 Å². The molecule has 7 heteroatoms. The van der Waals surface area contributed by atoms with E-state index in [-0.39, 0.29) is 11.1 Å². The molecule has 0 N–H and O–H groups in total. The first-order chi connectivity index (χ1) is 10.5. The molecule has 0 radical (unpaired) electrons. The molecule has 0 spiro atoms. The molecule has 1 fully saturated rings. The summed E-state index contributed by atoms with van der Waals surface area (Å²) < 4.78 is 10.4. The molecular formula is C15H18ClN3O3. The number of hydrogen-bond donors (Lipinski definition) is 0. The molecule has 1 aliphatic heterocycles. The van der Waals surface area contributed by atoms with Crippen molar-refractivity contribution in [3.8, 4) is 0 Å². The Balaban J connectivity index is 1.57. The van der Waals surface area contributed by atoms with Crippen LogP contribution in [0.5, 0.6) is 0 Å². The average Bonchev–Trinajstić information content (AvgIpc) is 3.08. The van der Waals surface area contributed by atoms with E-state index in [0.29, 0.717) is 18.8 Å². The summed E-state index contributed by atoms with van der Waals surface area (Å²) in [5.41, 5.74) is 2.07. The third-order valence-corrected chi connectivity index (χ3v) is 4.21. The van der Waals surface area contributed by atoms with Gasteiger partial charge in [0.15, 0.2) is 11.0 Å². The van der Waals surface area contributed by atoms with Gasteiger partial charge in [-0.3, -0.25) is 9.69 Å². The van der Waals surface area contributed by atoms with Crippen molar-refractivity contribution in [3.63, 3.8) is 0 Å². The third-order valence-electron chi connectivity index (χ3n) is 4.01. The van der Waals surface area contributed by atoms with Crippen molar-refractivity contribution >= 4 is 17.5 Å². The van der Waals surface area contributed by atoms with E-state index < -0.39 is 0 Å². The standard InChI is InChI=1S/C15H18ClN3O3/c1-10-12(11(2)22-17-10)9-18-5-7-19(8-6-18)15(20)13-3-4-14(16)21-13/h3-4H,5-9H2,1-2H3. The van der Waals surface area contributed by atoms with E-state index >= 15 is 0 Å². The predicted octanol–water partition coefficient (Wildman–Crippen LogP) is 2.50. The molecule has 6 nitrogen and oxygen atoms in total. The second kappa shape index (κ2) is 6.14. The number of nitrogens with zero attached hydrogens (tertiary/aromatic N) is 3. The van der Waals surface area contributed by atoms with E-state index in [9.17, 15) is 4.79 Å². The van der Waals surface area contributed by atoms with Gasteiger partial charge in [-0.25, -0.2) is 0 Å². The van der Waals surface area contributed by atoms with E-state index in [2.05, 4.69) is 10.1 Å². The molecule has 0 aromatic carbocycles. The smallest absolute Gasteiger partial charge is 0.289 e. The fourth-order valence-electron chi connectivity index (χ4n) is 2.65. The highest BCUT2D eigenvalue weighted by Crippen LogP contribution is 2.18. The maximum Gasteiger partial charge on any atom is 0.289 e. The Morgan fingerprint density at radius 3 is 2.55 bits per heavy atom. The zero-order valence-corrected chi connectivity index (χ0v) is 13.4. The fourth-order valence-corrected chi connectivity index (χ4v) is 2.79. The van der Waals surface area contributed by atoms with Crippen LogP contribution in [0, 0.1) is 13.8 Å². The van der Waals surface area contributed by atoms with Gasteiger partial charge in [0.05, 0.1) is 5.69 Å². The number of rotatable bonds is 3. The molecule has 3 heterocycles. The summed E-state index contributed by atoms with van der Waals surface area (Å²) in [4.78, 5) is 16.4. The molecule has 22 heavy (non-hydrogen) atoms. The maximum atomic E-state index is 12.3. The number of aromatic nitrogens is 1. The predicted molar refractivity (Wildman–Crippen MR) is 80.9 cm³/mol. The Morgan fingerprint density at radius 2 is 2.00 bits per heavy atom. The highest BCUT2D eigenvalue weighted by Gasteiger charge is 2.25. The lowest BCUT2D eigenvalue weighted by Crippen LogP contribution is -2.48. The molecule has 2 aromatic rings. The van der Waals surface area contributed by atoms with Crippen LogP contribution in [0.4, 0.5) is 0 Å². The lowest BCUT2D eigenvalue weighted by atomic mass is 10.1. The monoisotopic (exact) mass is 323 g/mol. The second-order valence-corrected chi connectivity index (χ2v) is 5.85. The van der Waals surface area contributed by atoms with E-state index in [1.54, 1.807) is 17.0 Å². The van der Waals surface area contributed by atoms with Crippen molar-refractivity contribution in [2.45, 2.75) is 20.4 Å². The Kier molecular flexibility index (Phi) is 4.22. The van der Waals surface area contributed by atoms with Crippen LogP contribution in [0.15, 0.2) is 21.1 Å². The van der Waals surface area contributed by atoms with E-state index in [1.807, 2.05) is 13.8 Å². The first-order valence-corrected chi connectivity index (χ1v) is 7.61. The number of aryl methyl sites for hydroxylation is 2. The Hall–Kier alpha value is -1.79. The Morgan fingerprint density at radius 1 is 1.27 bits per heavy atom. The van der Waals surface area contributed by atoms with Crippen molar-refractivity contribution in [1.29, 1.82) is 0 Å². The maximum absolute atomic E-state index is 12.3. The summed E-state index contributed by atoms with van der Waals surface area (Å²) in [5.74, 6) is 1.05. The Labute approximate surface area is 133 Å². The number of piperazine rings is 1. The number of furan rings is 1. The van der Waals surface area contributed by atoms with Crippen LogP contribution in [-0.4, -0.2) is 47.0 Å². The Bertz CT molecular complexity index is 652. The molecule has 0 aliphatic carbocycles. The molecular weight excluding hydrogens is 306 g/mol. The number of carbonyl (C=O) groups excluding carboxylic acids is 1. The highest BCUT2D eigenvalue weighted by molar-refractivity contribution is 6.29. The molecule has 1 amide bonds. The molecule has 118 valence electrons. The topological polar surface area (TPSA) is 62.7 Å². The van der Waals surface area contributed by atoms with Crippen molar-refractivity contribution in [3.05, 3.63) is 40.1 Å². The molecule has 0 saturated carbocycles. The van der Waals surface area contributed by atoms with Gasteiger partial charge >= 0.3 is 0 Å². The van der Waals surface area contributed by atoms with Crippen molar-refractivity contribution in [1.82, 2.24) is 15.0 Å². The molecule has 1 aliphatic rings. The normalized spacial score (nSPS) is 16.2. The van der Waals surface area contributed by atoms with E-state index in [4.69, 9.17) is 20.5 Å². The fraction of sp³-hybridized carbons (Fsp3) is 0.467. The van der Waals surface area contributed by atoms with Crippen LogP contribution in [-0.2, 0) is 6.54 Å². The molecule has 2 aromatic heterocycles. The molecule has 0 bridgehead atoms. The molecule has 1 saturated heterocycles. The summed E-state index contributed by atoms with van der Waals surface area (Å²) in [6, 6.07) is 3.20. The molecule has 0 atom stereocenters. The lowest BCUT2D eigenvalue weighted by Gasteiger charge is -2.34. The third kappa shape index (κ3) is 3.03. The van der Waals surface area contributed by atoms with E-state index in [0.717, 1.165) is 36.7 Å². The minimum atomic E-state index is -0.108. The average molecular weight is 324 g/mol. The van der Waals surface area contributed by atoms with Crippen LogP contribution < -0.4 is 0 Å². The first kappa shape index (κ1) is 15.1. The zero-order valence-electron chi connectivity index (χ0n) is 12.6. The van der Waals surface area contributed by atoms with Crippen LogP contribution in [0.25, 0.3) is 0 Å². The minimum absolute atomic E-state index is 0.108. The number of amides is 1. The van der Waals surface area contributed by atoms with Gasteiger partial charge in [-0.15, -0.1) is 0 Å². The van der Waals surface area contributed by atoms with Crippen LogP contribution in [0.2, 0.25) is 5.22 Å². The van der Waals surface area contributed by atoms with Crippen LogP contribution in [0.1, 0.15) is 27.6 Å². The summed E-state index contributed by atoms with van der Waals surface area (Å²) >= 11 is 5.72. The molecule has 3 rings (SSSR count). The summed E-state index contributed by atoms with van der Waals surface area (Å²) in [7, 11) is 0. The van der Waals surface area contributed by atoms with Gasteiger partial charge in [-0.05, 0) is 37.6 Å². The van der Waals surface area contributed by atoms with Gasteiger partial charge in [-0.2, -0.15) is 0 Å². The molecule has 0 unspecified atom stereocenters. The van der Waals surface area contributed by atoms with Gasteiger partial charge < -0.3 is 13.8 Å². The summed E-state index contributed by atoms with van der Waals surface area (Å²) in [6.45, 7) is 7.63. The quantitative estimate of drug-likeness (QED) is 0.868. The highest BCUT2D eigenvalue weighted by atomic mass is 35.5. The van der Waals surface area contributed by atoms with Gasteiger partial charge in [0, 0.05) is 38.3 Å². The van der Waals surface area contributed by atoms with Crippen LogP contribution in [0.3, 0.4) is 0 Å². The van der Waals surface area contributed by atoms with Gasteiger partial charge in [0.25, 0.3) is 5.91 Å². The van der Waals surface area contributed by atoms with Crippen molar-refractivity contribution in [2.75, 3.05) is 26.2 Å². The van der Waals surface area contributed by atoms with Gasteiger partial charge in [-0.1, -0.05) is 5.16 Å². The largest absolute Gasteiger partial charge is 0.440 e. The van der Waals surface area contributed by atoms with Gasteiger partial charge in [0.1, 0.15) is 5.76 Å². The minimum Gasteiger partial charge on any atom is -0.440 e. The first-order valence-electron chi connectivity index (χ1n) is 7.23. The number of carbonyl (C=O) groups is 1. The van der Waals surface area contributed by atoms with Crippen molar-refractivity contribution < 1.29 is 13.7 Å².